The average molecular weight is 458 g/mol. The van der Waals surface area contributed by atoms with Crippen LogP contribution in [0.25, 0.3) is 0 Å². The molecule has 140 valence electrons. The summed E-state index contributed by atoms with van der Waals surface area (Å²) in [6, 6.07) is 20.2. The van der Waals surface area contributed by atoms with Crippen LogP contribution < -0.4 is 4.74 Å². The molecule has 2 aliphatic heterocycles. The van der Waals surface area contributed by atoms with Crippen molar-refractivity contribution in [2.75, 3.05) is 0 Å². The molecular formula is C22H15BrClFN2O. The van der Waals surface area contributed by atoms with Crippen molar-refractivity contribution in [1.29, 1.82) is 0 Å². The molecule has 0 amide bonds. The summed E-state index contributed by atoms with van der Waals surface area (Å²) in [6.45, 7) is 0. The van der Waals surface area contributed by atoms with E-state index in [-0.39, 0.29) is 18.1 Å². The number of benzene rings is 3. The van der Waals surface area contributed by atoms with Crippen LogP contribution in [0, 0.1) is 5.82 Å². The molecule has 3 aromatic carbocycles. The van der Waals surface area contributed by atoms with Gasteiger partial charge in [-0.25, -0.2) is 9.40 Å². The van der Waals surface area contributed by atoms with Crippen LogP contribution >= 0.6 is 27.5 Å². The van der Waals surface area contributed by atoms with Gasteiger partial charge >= 0.3 is 0 Å². The lowest BCUT2D eigenvalue weighted by molar-refractivity contribution is -0.0190. The predicted molar refractivity (Wildman–Crippen MR) is 111 cm³/mol. The first kappa shape index (κ1) is 17.7. The Morgan fingerprint density at radius 3 is 2.68 bits per heavy atom. The van der Waals surface area contributed by atoms with Gasteiger partial charge in [-0.3, -0.25) is 0 Å². The van der Waals surface area contributed by atoms with E-state index in [1.807, 2.05) is 41.4 Å². The summed E-state index contributed by atoms with van der Waals surface area (Å²) in [7, 11) is 0. The van der Waals surface area contributed by atoms with E-state index in [0.29, 0.717) is 5.02 Å². The minimum Gasteiger partial charge on any atom is -0.464 e. The molecule has 6 heteroatoms. The van der Waals surface area contributed by atoms with Gasteiger partial charge in [-0.15, -0.1) is 0 Å². The fraction of sp³-hybridized carbons (Fsp3) is 0.136. The van der Waals surface area contributed by atoms with Crippen molar-refractivity contribution in [1.82, 2.24) is 5.01 Å². The zero-order chi connectivity index (χ0) is 19.3. The quantitative estimate of drug-likeness (QED) is 0.440. The van der Waals surface area contributed by atoms with E-state index in [1.54, 1.807) is 12.1 Å². The summed E-state index contributed by atoms with van der Waals surface area (Å²) in [5, 5.41) is 7.51. The third-order valence-electron chi connectivity index (χ3n) is 5.06. The second-order valence-electron chi connectivity index (χ2n) is 6.86. The molecule has 28 heavy (non-hydrogen) atoms. The first-order valence-electron chi connectivity index (χ1n) is 8.92. The number of halogens is 3. The molecule has 3 aromatic rings. The van der Waals surface area contributed by atoms with Crippen molar-refractivity contribution in [3.05, 3.63) is 98.7 Å². The molecule has 0 aromatic heterocycles. The van der Waals surface area contributed by atoms with Crippen molar-refractivity contribution in [2.24, 2.45) is 5.10 Å². The highest BCUT2D eigenvalue weighted by Crippen LogP contribution is 2.48. The van der Waals surface area contributed by atoms with Gasteiger partial charge in [0, 0.05) is 27.0 Å². The van der Waals surface area contributed by atoms with Gasteiger partial charge in [0.15, 0.2) is 0 Å². The third kappa shape index (κ3) is 3.09. The molecule has 2 unspecified atom stereocenters. The summed E-state index contributed by atoms with van der Waals surface area (Å²) < 4.78 is 20.7. The molecule has 0 spiro atoms. The Balaban J connectivity index is 1.61. The Kier molecular flexibility index (Phi) is 4.37. The number of fused-ring (bicyclic) bond motifs is 3. The van der Waals surface area contributed by atoms with Gasteiger partial charge in [-0.05, 0) is 48.0 Å². The van der Waals surface area contributed by atoms with Crippen LogP contribution in [0.1, 0.15) is 35.4 Å². The third-order valence-corrected chi connectivity index (χ3v) is 5.79. The fourth-order valence-electron chi connectivity index (χ4n) is 3.76. The van der Waals surface area contributed by atoms with E-state index in [4.69, 9.17) is 21.4 Å². The second kappa shape index (κ2) is 6.90. The van der Waals surface area contributed by atoms with E-state index in [1.165, 1.54) is 12.1 Å². The zero-order valence-corrected chi connectivity index (χ0v) is 17.0. The number of nitrogens with zero attached hydrogens (tertiary/aromatic N) is 2. The molecule has 0 bridgehead atoms. The van der Waals surface area contributed by atoms with Crippen LogP contribution in [0.4, 0.5) is 4.39 Å². The Labute approximate surface area is 175 Å². The number of hydrazone groups is 1. The number of hydrogen-bond donors (Lipinski definition) is 0. The topological polar surface area (TPSA) is 24.8 Å². The maximum atomic E-state index is 13.3. The number of hydrogen-bond acceptors (Lipinski definition) is 3. The van der Waals surface area contributed by atoms with E-state index >= 15 is 0 Å². The van der Waals surface area contributed by atoms with Crippen molar-refractivity contribution in [3.8, 4) is 5.75 Å². The summed E-state index contributed by atoms with van der Waals surface area (Å²) in [5.74, 6) is 0.583. The first-order chi connectivity index (χ1) is 13.6. The molecule has 2 heterocycles. The second-order valence-corrected chi connectivity index (χ2v) is 8.21. The van der Waals surface area contributed by atoms with Crippen LogP contribution in [-0.4, -0.2) is 10.7 Å². The zero-order valence-electron chi connectivity index (χ0n) is 14.6. The van der Waals surface area contributed by atoms with Gasteiger partial charge in [0.05, 0.1) is 11.8 Å². The fourth-order valence-corrected chi connectivity index (χ4v) is 4.33. The Morgan fingerprint density at radius 1 is 1.07 bits per heavy atom. The minimum absolute atomic E-state index is 0.0327. The first-order valence-corrected chi connectivity index (χ1v) is 10.1. The Morgan fingerprint density at radius 2 is 1.89 bits per heavy atom. The molecule has 5 rings (SSSR count). The highest BCUT2D eigenvalue weighted by Gasteiger charge is 2.41. The van der Waals surface area contributed by atoms with Gasteiger partial charge in [-0.2, -0.15) is 5.10 Å². The van der Waals surface area contributed by atoms with Crippen molar-refractivity contribution in [2.45, 2.75) is 18.7 Å². The van der Waals surface area contributed by atoms with Gasteiger partial charge in [-0.1, -0.05) is 51.8 Å². The summed E-state index contributed by atoms with van der Waals surface area (Å²) in [6.07, 6.45) is 0.338. The number of ether oxygens (including phenoxy) is 1. The highest BCUT2D eigenvalue weighted by atomic mass is 79.9. The summed E-state index contributed by atoms with van der Waals surface area (Å²) >= 11 is 9.77. The van der Waals surface area contributed by atoms with Crippen LogP contribution in [0.15, 0.2) is 76.3 Å². The van der Waals surface area contributed by atoms with Crippen molar-refractivity contribution < 1.29 is 9.13 Å². The molecular weight excluding hydrogens is 443 g/mol. The van der Waals surface area contributed by atoms with Crippen LogP contribution in [0.2, 0.25) is 5.02 Å². The van der Waals surface area contributed by atoms with E-state index in [0.717, 1.165) is 39.0 Å². The molecule has 0 saturated carbocycles. The molecule has 0 N–H and O–H groups in total. The van der Waals surface area contributed by atoms with E-state index < -0.39 is 0 Å². The van der Waals surface area contributed by atoms with Crippen LogP contribution in [0.5, 0.6) is 5.75 Å². The molecule has 0 radical (unpaired) electrons. The minimum atomic E-state index is -0.379. The van der Waals surface area contributed by atoms with Crippen LogP contribution in [0.3, 0.4) is 0 Å². The van der Waals surface area contributed by atoms with Gasteiger partial charge < -0.3 is 4.74 Å². The number of rotatable bonds is 2. The smallest absolute Gasteiger partial charge is 0.213 e. The van der Waals surface area contributed by atoms with Gasteiger partial charge in [0.1, 0.15) is 11.6 Å². The monoisotopic (exact) mass is 456 g/mol. The Bertz CT molecular complexity index is 1090. The van der Waals surface area contributed by atoms with Gasteiger partial charge in [0.25, 0.3) is 0 Å². The molecule has 3 nitrogen and oxygen atoms in total. The van der Waals surface area contributed by atoms with Crippen molar-refractivity contribution in [3.63, 3.8) is 0 Å². The lowest BCUT2D eigenvalue weighted by Crippen LogP contribution is -2.33. The Hall–Kier alpha value is -2.37. The molecule has 2 aliphatic rings. The average Bonchev–Trinajstić information content (AvgIpc) is 3.14. The highest BCUT2D eigenvalue weighted by molar-refractivity contribution is 9.10. The molecule has 0 saturated heterocycles. The van der Waals surface area contributed by atoms with Gasteiger partial charge in [0.2, 0.25) is 6.23 Å². The lowest BCUT2D eigenvalue weighted by atomic mass is 9.96. The predicted octanol–water partition coefficient (Wildman–Crippen LogP) is 6.48. The van der Waals surface area contributed by atoms with E-state index in [2.05, 4.69) is 22.0 Å². The molecule has 0 aliphatic carbocycles. The largest absolute Gasteiger partial charge is 0.464 e. The maximum Gasteiger partial charge on any atom is 0.213 e. The summed E-state index contributed by atoms with van der Waals surface area (Å²) in [5.41, 5.74) is 3.84. The van der Waals surface area contributed by atoms with Crippen LogP contribution in [-0.2, 0) is 0 Å². The molecule has 0 fully saturated rings. The standard InChI is InChI=1S/C22H15BrClFN2O/c23-15-6-9-21-18(11-15)20-12-19(13-4-7-17(25)8-5-13)26-27(20)22(28-21)14-2-1-3-16(24)10-14/h1-11,20,22H,12H2. The van der Waals surface area contributed by atoms with E-state index in [9.17, 15) is 4.39 Å². The molecule has 2 atom stereocenters. The SMILES string of the molecule is Fc1ccc(C2=NN3C(C2)c2cc(Br)ccc2OC3c2cccc(Cl)c2)cc1. The van der Waals surface area contributed by atoms with Crippen molar-refractivity contribution >= 4 is 33.2 Å². The normalized spacial score (nSPS) is 20.2. The summed E-state index contributed by atoms with van der Waals surface area (Å²) in [4.78, 5) is 0. The lowest BCUT2D eigenvalue weighted by Gasteiger charge is -2.38. The maximum absolute atomic E-state index is 13.3.